The van der Waals surface area contributed by atoms with E-state index in [1.54, 1.807) is 6.07 Å². The van der Waals surface area contributed by atoms with Gasteiger partial charge in [0.2, 0.25) is 0 Å². The lowest BCUT2D eigenvalue weighted by Gasteiger charge is -2.08. The zero-order valence-corrected chi connectivity index (χ0v) is 8.49. The summed E-state index contributed by atoms with van der Waals surface area (Å²) in [6, 6.07) is 7.75. The number of ketones is 1. The van der Waals surface area contributed by atoms with E-state index >= 15 is 0 Å². The van der Waals surface area contributed by atoms with Gasteiger partial charge in [-0.25, -0.2) is 4.99 Å². The fraction of sp³-hybridized carbons (Fsp3) is 0.273. The molecular weight excluding hydrogens is 192 g/mol. The number of aliphatic imine (C=N–C) groups is 1. The van der Waals surface area contributed by atoms with Crippen LogP contribution in [-0.4, -0.2) is 25.0 Å². The van der Waals surface area contributed by atoms with E-state index in [1.807, 2.05) is 25.1 Å². The molecule has 1 aromatic carbocycles. The van der Waals surface area contributed by atoms with E-state index in [9.17, 15) is 4.79 Å². The molecule has 0 aromatic heterocycles. The van der Waals surface area contributed by atoms with Crippen LogP contribution in [0.5, 0.6) is 0 Å². The molecule has 0 fully saturated rings. The van der Waals surface area contributed by atoms with Crippen LogP contribution in [0.4, 0.5) is 5.69 Å². The second kappa shape index (κ2) is 4.13. The molecule has 78 valence electrons. The summed E-state index contributed by atoms with van der Waals surface area (Å²) in [5, 5.41) is 3.00. The maximum atomic E-state index is 11.7. The molecule has 4 heteroatoms. The first kappa shape index (κ1) is 9.71. The van der Waals surface area contributed by atoms with Gasteiger partial charge >= 0.3 is 0 Å². The van der Waals surface area contributed by atoms with E-state index < -0.39 is 0 Å². The third-order valence-electron chi connectivity index (χ3n) is 2.12. The van der Waals surface area contributed by atoms with E-state index in [0.717, 1.165) is 5.69 Å². The molecule has 4 nitrogen and oxygen atoms in total. The van der Waals surface area contributed by atoms with Crippen molar-refractivity contribution >= 4 is 17.5 Å². The monoisotopic (exact) mass is 204 g/mol. The SMILES string of the molecule is CCOC1=NCC(=O)c2ccccc2N1. The van der Waals surface area contributed by atoms with Crippen LogP contribution in [0.15, 0.2) is 29.3 Å². The first-order valence-electron chi connectivity index (χ1n) is 4.87. The second-order valence-electron chi connectivity index (χ2n) is 3.15. The summed E-state index contributed by atoms with van der Waals surface area (Å²) in [6.07, 6.45) is 0. The van der Waals surface area contributed by atoms with Crippen molar-refractivity contribution < 1.29 is 9.53 Å². The summed E-state index contributed by atoms with van der Waals surface area (Å²) in [4.78, 5) is 15.7. The predicted octanol–water partition coefficient (Wildman–Crippen LogP) is 1.69. The Morgan fingerprint density at radius 1 is 1.47 bits per heavy atom. The van der Waals surface area contributed by atoms with E-state index in [4.69, 9.17) is 4.74 Å². The molecule has 1 N–H and O–H groups in total. The maximum Gasteiger partial charge on any atom is 0.289 e. The van der Waals surface area contributed by atoms with Crippen LogP contribution in [0.3, 0.4) is 0 Å². The zero-order valence-electron chi connectivity index (χ0n) is 8.49. The van der Waals surface area contributed by atoms with Gasteiger partial charge in [0.15, 0.2) is 5.78 Å². The highest BCUT2D eigenvalue weighted by Gasteiger charge is 2.16. The van der Waals surface area contributed by atoms with Crippen LogP contribution in [0, 0.1) is 0 Å². The molecule has 1 aliphatic rings. The molecule has 1 aliphatic heterocycles. The van der Waals surface area contributed by atoms with Crippen molar-refractivity contribution in [1.29, 1.82) is 0 Å². The Morgan fingerprint density at radius 3 is 3.07 bits per heavy atom. The Bertz CT molecular complexity index is 413. The normalized spacial score (nSPS) is 14.7. The fourth-order valence-corrected chi connectivity index (χ4v) is 1.44. The topological polar surface area (TPSA) is 50.7 Å². The molecule has 0 unspecified atom stereocenters. The lowest BCUT2D eigenvalue weighted by atomic mass is 10.1. The molecule has 2 rings (SSSR count). The van der Waals surface area contributed by atoms with E-state index in [-0.39, 0.29) is 12.3 Å². The largest absolute Gasteiger partial charge is 0.465 e. The Hall–Kier alpha value is -1.84. The van der Waals surface area contributed by atoms with E-state index in [0.29, 0.717) is 18.2 Å². The number of hydrogen-bond donors (Lipinski definition) is 1. The molecule has 0 radical (unpaired) electrons. The van der Waals surface area contributed by atoms with Gasteiger partial charge in [-0.15, -0.1) is 0 Å². The summed E-state index contributed by atoms with van der Waals surface area (Å²) in [5.41, 5.74) is 1.42. The number of nitrogens with one attached hydrogen (secondary N) is 1. The van der Waals surface area contributed by atoms with Gasteiger partial charge in [-0.2, -0.15) is 0 Å². The van der Waals surface area contributed by atoms with Crippen molar-refractivity contribution in [2.45, 2.75) is 6.92 Å². The van der Waals surface area contributed by atoms with Gasteiger partial charge in [-0.05, 0) is 19.1 Å². The van der Waals surface area contributed by atoms with E-state index in [2.05, 4.69) is 10.3 Å². The Morgan fingerprint density at radius 2 is 2.27 bits per heavy atom. The lowest BCUT2D eigenvalue weighted by molar-refractivity contribution is 0.100. The third kappa shape index (κ3) is 1.98. The molecule has 0 spiro atoms. The predicted molar refractivity (Wildman–Crippen MR) is 58.3 cm³/mol. The summed E-state index contributed by atoms with van der Waals surface area (Å²) in [7, 11) is 0. The highest BCUT2D eigenvalue weighted by molar-refractivity contribution is 6.08. The van der Waals surface area contributed by atoms with Crippen molar-refractivity contribution in [2.24, 2.45) is 4.99 Å². The van der Waals surface area contributed by atoms with Gasteiger partial charge in [-0.3, -0.25) is 4.79 Å². The van der Waals surface area contributed by atoms with Crippen molar-refractivity contribution in [1.82, 2.24) is 0 Å². The van der Waals surface area contributed by atoms with Gasteiger partial charge in [0.05, 0.1) is 12.3 Å². The molecule has 0 saturated carbocycles. The number of anilines is 1. The molecule has 0 amide bonds. The smallest absolute Gasteiger partial charge is 0.289 e. The Balaban J connectivity index is 2.33. The molecule has 1 aromatic rings. The third-order valence-corrected chi connectivity index (χ3v) is 2.12. The Kier molecular flexibility index (Phi) is 2.67. The van der Waals surface area contributed by atoms with Crippen molar-refractivity contribution in [3.63, 3.8) is 0 Å². The number of para-hydroxylation sites is 1. The lowest BCUT2D eigenvalue weighted by Crippen LogP contribution is -2.15. The van der Waals surface area contributed by atoms with Gasteiger partial charge in [-0.1, -0.05) is 12.1 Å². The molecule has 0 aliphatic carbocycles. The number of hydrogen-bond acceptors (Lipinski definition) is 4. The Labute approximate surface area is 88.0 Å². The average Bonchev–Trinajstić information content (AvgIpc) is 2.40. The average molecular weight is 204 g/mol. The number of Topliss-reactive ketones (excluding diaryl/α,β-unsaturated/α-hetero) is 1. The van der Waals surface area contributed by atoms with Gasteiger partial charge in [0.25, 0.3) is 6.02 Å². The number of carbonyl (C=O) groups excluding carboxylic acids is 1. The molecule has 15 heavy (non-hydrogen) atoms. The minimum Gasteiger partial charge on any atom is -0.465 e. The first-order chi connectivity index (χ1) is 7.31. The van der Waals surface area contributed by atoms with Crippen LogP contribution >= 0.6 is 0 Å². The first-order valence-corrected chi connectivity index (χ1v) is 4.87. The number of rotatable bonds is 1. The molecule has 0 atom stereocenters. The standard InChI is InChI=1S/C11H12N2O2/c1-2-15-11-12-7-10(14)8-5-3-4-6-9(8)13-11/h3-6H,2,7H2,1H3,(H,12,13). The summed E-state index contributed by atoms with van der Waals surface area (Å²) in [6.45, 7) is 2.55. The van der Waals surface area contributed by atoms with E-state index in [1.165, 1.54) is 0 Å². The number of carbonyl (C=O) groups is 1. The molecular formula is C11H12N2O2. The van der Waals surface area contributed by atoms with Crippen LogP contribution < -0.4 is 5.32 Å². The maximum absolute atomic E-state index is 11.7. The van der Waals surface area contributed by atoms with Crippen LogP contribution in [-0.2, 0) is 4.74 Å². The highest BCUT2D eigenvalue weighted by Crippen LogP contribution is 2.18. The number of benzene rings is 1. The second-order valence-corrected chi connectivity index (χ2v) is 3.15. The highest BCUT2D eigenvalue weighted by atomic mass is 16.5. The van der Waals surface area contributed by atoms with Crippen LogP contribution in [0.2, 0.25) is 0 Å². The van der Waals surface area contributed by atoms with Gasteiger partial charge < -0.3 is 10.1 Å². The quantitative estimate of drug-likeness (QED) is 0.757. The molecule has 0 saturated heterocycles. The van der Waals surface area contributed by atoms with Crippen molar-refractivity contribution in [3.05, 3.63) is 29.8 Å². The minimum atomic E-state index is 0.00723. The van der Waals surface area contributed by atoms with Crippen LogP contribution in [0.25, 0.3) is 0 Å². The van der Waals surface area contributed by atoms with Crippen molar-refractivity contribution in [2.75, 3.05) is 18.5 Å². The number of fused-ring (bicyclic) bond motifs is 1. The number of amidine groups is 1. The molecule has 1 heterocycles. The number of nitrogens with zero attached hydrogens (tertiary/aromatic N) is 1. The molecule has 0 bridgehead atoms. The van der Waals surface area contributed by atoms with Gasteiger partial charge in [0.1, 0.15) is 6.54 Å². The number of ether oxygens (including phenoxy) is 1. The summed E-state index contributed by atoms with van der Waals surface area (Å²) < 4.78 is 5.25. The summed E-state index contributed by atoms with van der Waals surface area (Å²) >= 11 is 0. The summed E-state index contributed by atoms with van der Waals surface area (Å²) in [5.74, 6) is 0.00723. The fourth-order valence-electron chi connectivity index (χ4n) is 1.44. The van der Waals surface area contributed by atoms with Gasteiger partial charge in [0, 0.05) is 5.56 Å². The van der Waals surface area contributed by atoms with Crippen LogP contribution in [0.1, 0.15) is 17.3 Å². The van der Waals surface area contributed by atoms with Crippen molar-refractivity contribution in [3.8, 4) is 0 Å². The zero-order chi connectivity index (χ0) is 10.7. The minimum absolute atomic E-state index is 0.00723.